The van der Waals surface area contributed by atoms with Gasteiger partial charge in [0.1, 0.15) is 0 Å². The maximum Gasteiger partial charge on any atom is 0.271 e. The molecule has 0 saturated heterocycles. The summed E-state index contributed by atoms with van der Waals surface area (Å²) >= 11 is 5.82. The molecule has 0 atom stereocenters. The van der Waals surface area contributed by atoms with Crippen LogP contribution < -0.4 is 10.7 Å². The van der Waals surface area contributed by atoms with Crippen LogP contribution in [0.4, 0.5) is 0 Å². The Morgan fingerprint density at radius 2 is 1.84 bits per heavy atom. The van der Waals surface area contributed by atoms with Gasteiger partial charge >= 0.3 is 0 Å². The first-order valence-electron chi connectivity index (χ1n) is 7.85. The molecule has 0 aliphatic heterocycles. The number of carbonyl (C=O) groups is 2. The van der Waals surface area contributed by atoms with E-state index in [0.717, 1.165) is 11.1 Å². The molecule has 0 unspecified atom stereocenters. The molecular weight excluding hydrogens is 338 g/mol. The molecule has 2 aromatic carbocycles. The monoisotopic (exact) mass is 357 g/mol. The van der Waals surface area contributed by atoms with Gasteiger partial charge in [-0.3, -0.25) is 9.59 Å². The Kier molecular flexibility index (Phi) is 6.71. The van der Waals surface area contributed by atoms with Crippen LogP contribution in [0.25, 0.3) is 0 Å². The standard InChI is InChI=1S/C19H20ClN3O2/c1-13-4-3-5-16(10-13)19(25)23-22-14(2)11-18(24)21-12-15-6-8-17(20)9-7-15/h3-10H,11-12H2,1-2H3,(H,21,24)(H,23,25). The molecule has 0 fully saturated rings. The minimum Gasteiger partial charge on any atom is -0.352 e. The van der Waals surface area contributed by atoms with Crippen molar-refractivity contribution in [3.8, 4) is 0 Å². The summed E-state index contributed by atoms with van der Waals surface area (Å²) in [5.74, 6) is -0.467. The lowest BCUT2D eigenvalue weighted by Crippen LogP contribution is -2.26. The predicted molar refractivity (Wildman–Crippen MR) is 99.7 cm³/mol. The maximum absolute atomic E-state index is 12.0. The summed E-state index contributed by atoms with van der Waals surface area (Å²) in [6, 6.07) is 14.5. The van der Waals surface area contributed by atoms with E-state index >= 15 is 0 Å². The molecule has 0 saturated carbocycles. The quantitative estimate of drug-likeness (QED) is 0.614. The van der Waals surface area contributed by atoms with E-state index in [9.17, 15) is 9.59 Å². The van der Waals surface area contributed by atoms with Crippen molar-refractivity contribution in [1.82, 2.24) is 10.7 Å². The molecule has 2 amide bonds. The zero-order chi connectivity index (χ0) is 18.2. The van der Waals surface area contributed by atoms with E-state index < -0.39 is 0 Å². The van der Waals surface area contributed by atoms with Crippen LogP contribution >= 0.6 is 11.6 Å². The molecule has 0 aromatic heterocycles. The van der Waals surface area contributed by atoms with Crippen molar-refractivity contribution in [2.75, 3.05) is 0 Å². The van der Waals surface area contributed by atoms with Gasteiger partial charge in [-0.2, -0.15) is 5.10 Å². The summed E-state index contributed by atoms with van der Waals surface area (Å²) in [7, 11) is 0. The lowest BCUT2D eigenvalue weighted by molar-refractivity contribution is -0.120. The summed E-state index contributed by atoms with van der Waals surface area (Å²) in [5, 5.41) is 7.43. The van der Waals surface area contributed by atoms with Crippen molar-refractivity contribution >= 4 is 29.1 Å². The number of rotatable bonds is 6. The highest BCUT2D eigenvalue weighted by Gasteiger charge is 2.07. The molecule has 130 valence electrons. The smallest absolute Gasteiger partial charge is 0.271 e. The van der Waals surface area contributed by atoms with Gasteiger partial charge in [0.2, 0.25) is 5.91 Å². The van der Waals surface area contributed by atoms with E-state index in [1.165, 1.54) is 0 Å². The fourth-order valence-electron chi connectivity index (χ4n) is 2.13. The zero-order valence-corrected chi connectivity index (χ0v) is 14.9. The van der Waals surface area contributed by atoms with Crippen molar-refractivity contribution in [3.63, 3.8) is 0 Å². The Labute approximate surface area is 152 Å². The van der Waals surface area contributed by atoms with Gasteiger partial charge in [0.15, 0.2) is 0 Å². The molecule has 6 heteroatoms. The van der Waals surface area contributed by atoms with Gasteiger partial charge in [-0.05, 0) is 43.7 Å². The number of hydrazone groups is 1. The topological polar surface area (TPSA) is 70.6 Å². The average Bonchev–Trinajstić information content (AvgIpc) is 2.59. The van der Waals surface area contributed by atoms with Crippen LogP contribution in [0.1, 0.15) is 34.8 Å². The number of hydrogen-bond donors (Lipinski definition) is 2. The van der Waals surface area contributed by atoms with Gasteiger partial charge in [-0.1, -0.05) is 41.4 Å². The zero-order valence-electron chi connectivity index (χ0n) is 14.2. The average molecular weight is 358 g/mol. The second kappa shape index (κ2) is 8.99. The number of benzene rings is 2. The molecule has 0 radical (unpaired) electrons. The fraction of sp³-hybridized carbons (Fsp3) is 0.211. The molecule has 5 nitrogen and oxygen atoms in total. The first-order valence-corrected chi connectivity index (χ1v) is 8.23. The Bertz CT molecular complexity index is 786. The first-order chi connectivity index (χ1) is 11.9. The van der Waals surface area contributed by atoms with E-state index in [0.29, 0.717) is 22.8 Å². The second-order valence-electron chi connectivity index (χ2n) is 5.74. The van der Waals surface area contributed by atoms with Gasteiger partial charge in [0.25, 0.3) is 5.91 Å². The lowest BCUT2D eigenvalue weighted by atomic mass is 10.1. The normalized spacial score (nSPS) is 11.1. The number of carbonyl (C=O) groups excluding carboxylic acids is 2. The summed E-state index contributed by atoms with van der Waals surface area (Å²) in [6.07, 6.45) is 0.113. The molecule has 25 heavy (non-hydrogen) atoms. The number of nitrogens with one attached hydrogen (secondary N) is 2. The number of amides is 2. The minimum absolute atomic E-state index is 0.113. The van der Waals surface area contributed by atoms with Crippen LogP contribution in [0.3, 0.4) is 0 Å². The summed E-state index contributed by atoms with van der Waals surface area (Å²) in [4.78, 5) is 23.9. The third-order valence-electron chi connectivity index (χ3n) is 3.45. The van der Waals surface area contributed by atoms with Gasteiger partial charge in [-0.25, -0.2) is 5.43 Å². The Morgan fingerprint density at radius 3 is 2.52 bits per heavy atom. The highest BCUT2D eigenvalue weighted by atomic mass is 35.5. The lowest BCUT2D eigenvalue weighted by Gasteiger charge is -2.06. The van der Waals surface area contributed by atoms with Gasteiger partial charge in [0.05, 0.1) is 6.42 Å². The largest absolute Gasteiger partial charge is 0.352 e. The van der Waals surface area contributed by atoms with Crippen molar-refractivity contribution in [3.05, 3.63) is 70.2 Å². The molecule has 2 N–H and O–H groups in total. The van der Waals surface area contributed by atoms with E-state index in [1.807, 2.05) is 31.2 Å². The third kappa shape index (κ3) is 6.39. The van der Waals surface area contributed by atoms with E-state index in [2.05, 4.69) is 15.8 Å². The maximum atomic E-state index is 12.0. The Hall–Kier alpha value is -2.66. The predicted octanol–water partition coefficient (Wildman–Crippen LogP) is 3.46. The highest BCUT2D eigenvalue weighted by Crippen LogP contribution is 2.09. The van der Waals surface area contributed by atoms with Gasteiger partial charge in [-0.15, -0.1) is 0 Å². The minimum atomic E-state index is -0.301. The van der Waals surface area contributed by atoms with Crippen molar-refractivity contribution in [2.45, 2.75) is 26.8 Å². The second-order valence-corrected chi connectivity index (χ2v) is 6.17. The van der Waals surface area contributed by atoms with Crippen molar-refractivity contribution in [2.24, 2.45) is 5.10 Å². The Balaban J connectivity index is 1.80. The molecule has 0 bridgehead atoms. The van der Waals surface area contributed by atoms with Gasteiger partial charge < -0.3 is 5.32 Å². The molecule has 2 rings (SSSR count). The number of nitrogens with zero attached hydrogens (tertiary/aromatic N) is 1. The van der Waals surface area contributed by atoms with Crippen LogP contribution in [0.15, 0.2) is 53.6 Å². The Morgan fingerprint density at radius 1 is 1.12 bits per heavy atom. The molecule has 0 heterocycles. The fourth-order valence-corrected chi connectivity index (χ4v) is 2.26. The number of halogens is 1. The van der Waals surface area contributed by atoms with Crippen molar-refractivity contribution in [1.29, 1.82) is 0 Å². The molecule has 0 aliphatic rings. The van der Waals surface area contributed by atoms with E-state index in [4.69, 9.17) is 11.6 Å². The molecular formula is C19H20ClN3O2. The SMILES string of the molecule is CC(CC(=O)NCc1ccc(Cl)cc1)=NNC(=O)c1cccc(C)c1. The molecule has 2 aromatic rings. The third-order valence-corrected chi connectivity index (χ3v) is 3.70. The summed E-state index contributed by atoms with van der Waals surface area (Å²) in [6.45, 7) is 4.02. The van der Waals surface area contributed by atoms with Crippen LogP contribution in [0, 0.1) is 6.92 Å². The first kappa shape index (κ1) is 18.7. The van der Waals surface area contributed by atoms with Crippen LogP contribution in [-0.4, -0.2) is 17.5 Å². The summed E-state index contributed by atoms with van der Waals surface area (Å²) in [5.41, 5.74) is 5.47. The van der Waals surface area contributed by atoms with Crippen LogP contribution in [-0.2, 0) is 11.3 Å². The molecule has 0 aliphatic carbocycles. The highest BCUT2D eigenvalue weighted by molar-refractivity contribution is 6.30. The number of aryl methyl sites for hydroxylation is 1. The van der Waals surface area contributed by atoms with E-state index in [1.54, 1.807) is 31.2 Å². The molecule has 0 spiro atoms. The number of hydrogen-bond acceptors (Lipinski definition) is 3. The van der Waals surface area contributed by atoms with Crippen LogP contribution in [0.2, 0.25) is 5.02 Å². The van der Waals surface area contributed by atoms with Crippen molar-refractivity contribution < 1.29 is 9.59 Å². The van der Waals surface area contributed by atoms with E-state index in [-0.39, 0.29) is 18.2 Å². The van der Waals surface area contributed by atoms with Gasteiger partial charge in [0, 0.05) is 22.8 Å². The van der Waals surface area contributed by atoms with Crippen LogP contribution in [0.5, 0.6) is 0 Å². The summed E-state index contributed by atoms with van der Waals surface area (Å²) < 4.78 is 0.